The van der Waals surface area contributed by atoms with Gasteiger partial charge in [-0.1, -0.05) is 56.7 Å². The van der Waals surface area contributed by atoms with Crippen LogP contribution in [0.1, 0.15) is 66.3 Å². The van der Waals surface area contributed by atoms with Crippen LogP contribution in [0.25, 0.3) is 10.9 Å². The first-order valence-electron chi connectivity index (χ1n) is 11.4. The second-order valence-corrected chi connectivity index (χ2v) is 8.94. The molecule has 2 heterocycles. The molecule has 2 aliphatic rings. The Labute approximate surface area is 182 Å². The molecule has 0 unspecified atom stereocenters. The first kappa shape index (κ1) is 19.9. The fourth-order valence-electron chi connectivity index (χ4n) is 5.25. The molecule has 5 nitrogen and oxygen atoms in total. The van der Waals surface area contributed by atoms with Crippen molar-refractivity contribution in [2.45, 2.75) is 58.2 Å². The second kappa shape index (κ2) is 7.88. The third kappa shape index (κ3) is 3.32. The van der Waals surface area contributed by atoms with Gasteiger partial charge in [-0.05, 0) is 48.4 Å². The van der Waals surface area contributed by atoms with Crippen molar-refractivity contribution in [1.29, 1.82) is 0 Å². The van der Waals surface area contributed by atoms with Crippen LogP contribution in [-0.2, 0) is 17.8 Å². The summed E-state index contributed by atoms with van der Waals surface area (Å²) in [4.78, 5) is 32.0. The molecule has 2 aromatic carbocycles. The molecule has 1 aliphatic carbocycles. The van der Waals surface area contributed by atoms with Crippen molar-refractivity contribution in [3.05, 3.63) is 70.9 Å². The smallest absolute Gasteiger partial charge is 0.255 e. The van der Waals surface area contributed by atoms with Crippen LogP contribution in [0.3, 0.4) is 0 Å². The molecule has 0 spiro atoms. The number of aryl methyl sites for hydroxylation is 1. The monoisotopic (exact) mass is 415 g/mol. The highest BCUT2D eigenvalue weighted by molar-refractivity contribution is 6.01. The third-order valence-corrected chi connectivity index (χ3v) is 7.07. The van der Waals surface area contributed by atoms with Crippen LogP contribution < -0.4 is 5.32 Å². The van der Waals surface area contributed by atoms with E-state index in [9.17, 15) is 9.59 Å². The van der Waals surface area contributed by atoms with Crippen LogP contribution >= 0.6 is 0 Å². The Balaban J connectivity index is 1.43. The van der Waals surface area contributed by atoms with Gasteiger partial charge in [0.05, 0.1) is 6.04 Å². The number of benzene rings is 2. The minimum atomic E-state index is -0.473. The molecule has 3 atom stereocenters. The van der Waals surface area contributed by atoms with Gasteiger partial charge in [-0.2, -0.15) is 0 Å². The largest absolute Gasteiger partial charge is 0.356 e. The highest BCUT2D eigenvalue weighted by Crippen LogP contribution is 2.35. The number of nitrogens with zero attached hydrogens (tertiary/aromatic N) is 1. The zero-order chi connectivity index (χ0) is 21.5. The second-order valence-electron chi connectivity index (χ2n) is 8.94. The lowest BCUT2D eigenvalue weighted by atomic mass is 9.90. The summed E-state index contributed by atoms with van der Waals surface area (Å²) in [6.07, 6.45) is 3.82. The van der Waals surface area contributed by atoms with Crippen LogP contribution in [0.5, 0.6) is 0 Å². The molecule has 0 bridgehead atoms. The summed E-state index contributed by atoms with van der Waals surface area (Å²) in [5, 5.41) is 4.56. The Morgan fingerprint density at radius 3 is 2.77 bits per heavy atom. The maximum atomic E-state index is 13.6. The molecule has 31 heavy (non-hydrogen) atoms. The number of hydrogen-bond donors (Lipinski definition) is 2. The van der Waals surface area contributed by atoms with Crippen LogP contribution in [-0.4, -0.2) is 27.7 Å². The average molecular weight is 416 g/mol. The van der Waals surface area contributed by atoms with Gasteiger partial charge in [0.2, 0.25) is 5.91 Å². The zero-order valence-electron chi connectivity index (χ0n) is 18.2. The van der Waals surface area contributed by atoms with Crippen molar-refractivity contribution in [1.82, 2.24) is 15.2 Å². The molecule has 1 aliphatic heterocycles. The molecule has 2 N–H and O–H groups in total. The van der Waals surface area contributed by atoms with Gasteiger partial charge < -0.3 is 15.2 Å². The molecule has 5 heteroatoms. The summed E-state index contributed by atoms with van der Waals surface area (Å²) in [5.41, 5.74) is 5.29. The Morgan fingerprint density at radius 2 is 1.97 bits per heavy atom. The van der Waals surface area contributed by atoms with Gasteiger partial charge in [-0.25, -0.2) is 0 Å². The molecule has 1 aromatic heterocycles. The predicted molar refractivity (Wildman–Crippen MR) is 122 cm³/mol. The molecular weight excluding hydrogens is 386 g/mol. The minimum absolute atomic E-state index is 0.0361. The van der Waals surface area contributed by atoms with Crippen molar-refractivity contribution >= 4 is 22.7 Å². The van der Waals surface area contributed by atoms with Gasteiger partial charge in [0.1, 0.15) is 6.04 Å². The highest BCUT2D eigenvalue weighted by Gasteiger charge is 2.39. The lowest BCUT2D eigenvalue weighted by Gasteiger charge is -2.33. The quantitative estimate of drug-likeness (QED) is 0.633. The van der Waals surface area contributed by atoms with E-state index in [-0.39, 0.29) is 23.8 Å². The summed E-state index contributed by atoms with van der Waals surface area (Å²) >= 11 is 0. The highest BCUT2D eigenvalue weighted by atomic mass is 16.2. The normalized spacial score (nSPS) is 19.7. The number of fused-ring (bicyclic) bond motifs is 4. The van der Waals surface area contributed by atoms with E-state index in [2.05, 4.69) is 42.3 Å². The maximum absolute atomic E-state index is 13.6. The summed E-state index contributed by atoms with van der Waals surface area (Å²) in [6, 6.07) is 15.5. The van der Waals surface area contributed by atoms with E-state index in [4.69, 9.17) is 0 Å². The van der Waals surface area contributed by atoms with Gasteiger partial charge in [0.25, 0.3) is 5.91 Å². The van der Waals surface area contributed by atoms with E-state index < -0.39 is 6.04 Å². The minimum Gasteiger partial charge on any atom is -0.356 e. The number of carbonyl (C=O) groups is 2. The van der Waals surface area contributed by atoms with Crippen molar-refractivity contribution in [2.75, 3.05) is 0 Å². The number of hydrogen-bond acceptors (Lipinski definition) is 2. The Hall–Kier alpha value is -3.08. The first-order chi connectivity index (χ1) is 15.1. The molecule has 0 radical (unpaired) electrons. The van der Waals surface area contributed by atoms with Crippen molar-refractivity contribution in [3.63, 3.8) is 0 Å². The van der Waals surface area contributed by atoms with Crippen LogP contribution in [0.2, 0.25) is 0 Å². The molecule has 160 valence electrons. The Bertz CT molecular complexity index is 1150. The summed E-state index contributed by atoms with van der Waals surface area (Å²) < 4.78 is 0. The molecule has 5 rings (SSSR count). The van der Waals surface area contributed by atoms with E-state index in [1.54, 1.807) is 4.90 Å². The van der Waals surface area contributed by atoms with Gasteiger partial charge in [0.15, 0.2) is 0 Å². The molecule has 0 saturated heterocycles. The van der Waals surface area contributed by atoms with Crippen LogP contribution in [0, 0.1) is 5.92 Å². The Morgan fingerprint density at radius 1 is 1.19 bits per heavy atom. The number of aromatic nitrogens is 1. The van der Waals surface area contributed by atoms with Crippen LogP contribution in [0.4, 0.5) is 0 Å². The van der Waals surface area contributed by atoms with E-state index in [1.165, 1.54) is 10.9 Å². The molecule has 0 fully saturated rings. The number of H-pyrrole nitrogens is 1. The summed E-state index contributed by atoms with van der Waals surface area (Å²) in [6.45, 7) is 4.64. The number of amides is 2. The van der Waals surface area contributed by atoms with Crippen molar-refractivity contribution < 1.29 is 9.59 Å². The number of rotatable bonds is 5. The number of nitrogens with one attached hydrogen (secondary N) is 2. The first-order valence-corrected chi connectivity index (χ1v) is 11.4. The molecule has 3 aromatic rings. The summed E-state index contributed by atoms with van der Waals surface area (Å²) in [7, 11) is 0. The van der Waals surface area contributed by atoms with E-state index in [1.807, 2.05) is 30.3 Å². The third-order valence-electron chi connectivity index (χ3n) is 7.07. The topological polar surface area (TPSA) is 65.2 Å². The van der Waals surface area contributed by atoms with Gasteiger partial charge in [-0.3, -0.25) is 9.59 Å². The zero-order valence-corrected chi connectivity index (χ0v) is 18.2. The lowest BCUT2D eigenvalue weighted by Crippen LogP contribution is -2.51. The maximum Gasteiger partial charge on any atom is 0.255 e. The standard InChI is InChI=1S/C26H29N3O2/c1-3-16(2)24(29-15-17-9-4-5-10-18(17)26(29)31)25(30)28-22-14-8-12-20-19-11-6-7-13-21(19)27-23(20)22/h4-7,9-11,13,16,22,24,27H,3,8,12,14-15H2,1-2H3,(H,28,30)/t16-,22-,24+/m0/s1. The van der Waals surface area contributed by atoms with Crippen molar-refractivity contribution in [2.24, 2.45) is 5.92 Å². The molecule has 2 amide bonds. The molecular formula is C26H29N3O2. The average Bonchev–Trinajstić information content (AvgIpc) is 3.33. The van der Waals surface area contributed by atoms with Crippen molar-refractivity contribution in [3.8, 4) is 0 Å². The van der Waals surface area contributed by atoms with Gasteiger partial charge in [-0.15, -0.1) is 0 Å². The fraction of sp³-hybridized carbons (Fsp3) is 0.385. The Kier molecular flexibility index (Phi) is 5.05. The van der Waals surface area contributed by atoms with Gasteiger partial charge in [0, 0.05) is 28.7 Å². The van der Waals surface area contributed by atoms with Gasteiger partial charge >= 0.3 is 0 Å². The summed E-state index contributed by atoms with van der Waals surface area (Å²) in [5.74, 6) is -0.0120. The lowest BCUT2D eigenvalue weighted by molar-refractivity contribution is -0.128. The number of carbonyl (C=O) groups excluding carboxylic acids is 2. The predicted octanol–water partition coefficient (Wildman–Crippen LogP) is 4.73. The van der Waals surface area contributed by atoms with Crippen LogP contribution in [0.15, 0.2) is 48.5 Å². The number of aromatic amines is 1. The number of para-hydroxylation sites is 1. The fourth-order valence-corrected chi connectivity index (χ4v) is 5.25. The van der Waals surface area contributed by atoms with E-state index in [0.29, 0.717) is 6.54 Å². The molecule has 0 saturated carbocycles. The SMILES string of the molecule is CC[C@H](C)[C@H](C(=O)N[C@H]1CCCc2c1[nH]c1ccccc21)N1Cc2ccccc2C1=O. The van der Waals surface area contributed by atoms with E-state index in [0.717, 1.165) is 48.0 Å². The van der Waals surface area contributed by atoms with E-state index >= 15 is 0 Å².